The standard InChI is InChI=1S/C9H17NO2/c1-4-6-7-10-9(11)8(5-2)12-3/h4,6,8H,5,7H2,1-3H3,(H,10,11)/b6-4+. The quantitative estimate of drug-likeness (QED) is 0.629. The van der Waals surface area contributed by atoms with Gasteiger partial charge in [0.05, 0.1) is 0 Å². The number of allylic oxidation sites excluding steroid dienone is 1. The van der Waals surface area contributed by atoms with Gasteiger partial charge in [-0.05, 0) is 13.3 Å². The summed E-state index contributed by atoms with van der Waals surface area (Å²) in [5.74, 6) is -0.0434. The fourth-order valence-corrected chi connectivity index (χ4v) is 0.850. The molecule has 0 aliphatic carbocycles. The summed E-state index contributed by atoms with van der Waals surface area (Å²) in [5, 5.41) is 2.73. The van der Waals surface area contributed by atoms with Gasteiger partial charge in [-0.3, -0.25) is 4.79 Å². The van der Waals surface area contributed by atoms with Crippen molar-refractivity contribution in [2.45, 2.75) is 26.4 Å². The Hall–Kier alpha value is -0.830. The lowest BCUT2D eigenvalue weighted by atomic mass is 10.2. The van der Waals surface area contributed by atoms with E-state index in [0.29, 0.717) is 13.0 Å². The molecule has 1 unspecified atom stereocenters. The van der Waals surface area contributed by atoms with Gasteiger partial charge in [-0.2, -0.15) is 0 Å². The van der Waals surface area contributed by atoms with Gasteiger partial charge in [0, 0.05) is 13.7 Å². The van der Waals surface area contributed by atoms with Crippen molar-refractivity contribution in [1.82, 2.24) is 5.32 Å². The molecule has 0 fully saturated rings. The molecule has 70 valence electrons. The van der Waals surface area contributed by atoms with Crippen LogP contribution >= 0.6 is 0 Å². The first-order chi connectivity index (χ1) is 5.76. The molecule has 0 saturated heterocycles. The third kappa shape index (κ3) is 4.13. The lowest BCUT2D eigenvalue weighted by Crippen LogP contribution is -2.35. The molecule has 12 heavy (non-hydrogen) atoms. The summed E-state index contributed by atoms with van der Waals surface area (Å²) in [6.07, 6.45) is 4.18. The van der Waals surface area contributed by atoms with Gasteiger partial charge in [0.1, 0.15) is 6.10 Å². The third-order valence-electron chi connectivity index (χ3n) is 1.58. The van der Waals surface area contributed by atoms with Gasteiger partial charge < -0.3 is 10.1 Å². The smallest absolute Gasteiger partial charge is 0.249 e. The van der Waals surface area contributed by atoms with Crippen LogP contribution < -0.4 is 5.32 Å². The zero-order chi connectivity index (χ0) is 9.40. The number of hydrogen-bond acceptors (Lipinski definition) is 2. The van der Waals surface area contributed by atoms with Crippen LogP contribution in [-0.2, 0) is 9.53 Å². The number of amides is 1. The van der Waals surface area contributed by atoms with Crippen molar-refractivity contribution in [3.8, 4) is 0 Å². The lowest BCUT2D eigenvalue weighted by molar-refractivity contribution is -0.130. The molecule has 1 atom stereocenters. The third-order valence-corrected chi connectivity index (χ3v) is 1.58. The average Bonchev–Trinajstić information content (AvgIpc) is 2.07. The van der Waals surface area contributed by atoms with Crippen molar-refractivity contribution < 1.29 is 9.53 Å². The van der Waals surface area contributed by atoms with Crippen molar-refractivity contribution in [3.05, 3.63) is 12.2 Å². The van der Waals surface area contributed by atoms with E-state index in [2.05, 4.69) is 5.32 Å². The van der Waals surface area contributed by atoms with Gasteiger partial charge in [0.2, 0.25) is 5.91 Å². The fraction of sp³-hybridized carbons (Fsp3) is 0.667. The maximum Gasteiger partial charge on any atom is 0.249 e. The molecule has 0 aromatic rings. The van der Waals surface area contributed by atoms with Gasteiger partial charge in [0.25, 0.3) is 0 Å². The minimum absolute atomic E-state index is 0.0434. The number of ether oxygens (including phenoxy) is 1. The topological polar surface area (TPSA) is 38.3 Å². The van der Waals surface area contributed by atoms with Crippen LogP contribution in [0.25, 0.3) is 0 Å². The second kappa shape index (κ2) is 6.85. The van der Waals surface area contributed by atoms with E-state index in [0.717, 1.165) is 0 Å². The largest absolute Gasteiger partial charge is 0.372 e. The maximum absolute atomic E-state index is 11.2. The molecule has 0 heterocycles. The van der Waals surface area contributed by atoms with E-state index in [4.69, 9.17) is 4.74 Å². The Morgan fingerprint density at radius 2 is 2.33 bits per heavy atom. The van der Waals surface area contributed by atoms with Crippen LogP contribution in [0.5, 0.6) is 0 Å². The van der Waals surface area contributed by atoms with Crippen molar-refractivity contribution in [1.29, 1.82) is 0 Å². The number of carbonyl (C=O) groups excluding carboxylic acids is 1. The number of hydrogen-bond donors (Lipinski definition) is 1. The molecule has 0 rings (SSSR count). The molecule has 3 heteroatoms. The highest BCUT2D eigenvalue weighted by molar-refractivity contribution is 5.80. The molecule has 0 aliphatic heterocycles. The first kappa shape index (κ1) is 11.2. The molecule has 1 amide bonds. The zero-order valence-electron chi connectivity index (χ0n) is 7.96. The van der Waals surface area contributed by atoms with E-state index >= 15 is 0 Å². The Kier molecular flexibility index (Phi) is 6.38. The van der Waals surface area contributed by atoms with Crippen LogP contribution in [0, 0.1) is 0 Å². The summed E-state index contributed by atoms with van der Waals surface area (Å²) in [6, 6.07) is 0. The van der Waals surface area contributed by atoms with Gasteiger partial charge in [-0.15, -0.1) is 0 Å². The molecule has 3 nitrogen and oxygen atoms in total. The SMILES string of the molecule is C/C=C/CNC(=O)C(CC)OC. The highest BCUT2D eigenvalue weighted by atomic mass is 16.5. The zero-order valence-corrected chi connectivity index (χ0v) is 7.96. The molecular formula is C9H17NO2. The second-order valence-electron chi connectivity index (χ2n) is 2.45. The van der Waals surface area contributed by atoms with Crippen LogP contribution in [0.2, 0.25) is 0 Å². The molecule has 0 aliphatic rings. The van der Waals surface area contributed by atoms with E-state index in [-0.39, 0.29) is 12.0 Å². The summed E-state index contributed by atoms with van der Waals surface area (Å²) in [4.78, 5) is 11.2. The van der Waals surface area contributed by atoms with Crippen LogP contribution in [0.1, 0.15) is 20.3 Å². The predicted molar refractivity (Wildman–Crippen MR) is 48.9 cm³/mol. The highest BCUT2D eigenvalue weighted by Gasteiger charge is 2.13. The lowest BCUT2D eigenvalue weighted by Gasteiger charge is -2.11. The van der Waals surface area contributed by atoms with E-state index in [1.54, 1.807) is 7.11 Å². The van der Waals surface area contributed by atoms with E-state index < -0.39 is 0 Å². The molecule has 0 aromatic heterocycles. The average molecular weight is 171 g/mol. The summed E-state index contributed by atoms with van der Waals surface area (Å²) in [7, 11) is 1.55. The van der Waals surface area contributed by atoms with Gasteiger partial charge in [-0.1, -0.05) is 19.1 Å². The Bertz CT molecular complexity index is 151. The Morgan fingerprint density at radius 1 is 1.67 bits per heavy atom. The Labute approximate surface area is 73.8 Å². The van der Waals surface area contributed by atoms with E-state index in [1.165, 1.54) is 0 Å². The summed E-state index contributed by atoms with van der Waals surface area (Å²) in [5.41, 5.74) is 0. The van der Waals surface area contributed by atoms with Gasteiger partial charge in [0.15, 0.2) is 0 Å². The molecule has 0 radical (unpaired) electrons. The Balaban J connectivity index is 3.69. The van der Waals surface area contributed by atoms with Crippen LogP contribution in [0.15, 0.2) is 12.2 Å². The first-order valence-electron chi connectivity index (χ1n) is 4.17. The molecule has 1 N–H and O–H groups in total. The van der Waals surface area contributed by atoms with E-state index in [1.807, 2.05) is 26.0 Å². The second-order valence-corrected chi connectivity index (χ2v) is 2.45. The maximum atomic E-state index is 11.2. The highest BCUT2D eigenvalue weighted by Crippen LogP contribution is 1.94. The van der Waals surface area contributed by atoms with Gasteiger partial charge in [-0.25, -0.2) is 0 Å². The molecule has 0 saturated carbocycles. The summed E-state index contributed by atoms with van der Waals surface area (Å²) < 4.78 is 4.96. The van der Waals surface area contributed by atoms with Gasteiger partial charge >= 0.3 is 0 Å². The monoisotopic (exact) mass is 171 g/mol. The van der Waals surface area contributed by atoms with Crippen molar-refractivity contribution >= 4 is 5.91 Å². The fourth-order valence-electron chi connectivity index (χ4n) is 0.850. The molecular weight excluding hydrogens is 154 g/mol. The van der Waals surface area contributed by atoms with Crippen LogP contribution in [0.3, 0.4) is 0 Å². The summed E-state index contributed by atoms with van der Waals surface area (Å²) in [6.45, 7) is 4.42. The number of carbonyl (C=O) groups is 1. The molecule has 0 bridgehead atoms. The van der Waals surface area contributed by atoms with Crippen LogP contribution in [0.4, 0.5) is 0 Å². The van der Waals surface area contributed by atoms with Crippen molar-refractivity contribution in [2.75, 3.05) is 13.7 Å². The summed E-state index contributed by atoms with van der Waals surface area (Å²) >= 11 is 0. The van der Waals surface area contributed by atoms with Crippen molar-refractivity contribution in [3.63, 3.8) is 0 Å². The number of methoxy groups -OCH3 is 1. The number of rotatable bonds is 5. The normalized spacial score (nSPS) is 13.2. The molecule has 0 spiro atoms. The van der Waals surface area contributed by atoms with Crippen LogP contribution in [-0.4, -0.2) is 25.7 Å². The minimum atomic E-state index is -0.310. The minimum Gasteiger partial charge on any atom is -0.372 e. The van der Waals surface area contributed by atoms with Crippen molar-refractivity contribution in [2.24, 2.45) is 0 Å². The van der Waals surface area contributed by atoms with E-state index in [9.17, 15) is 4.79 Å². The predicted octanol–water partition coefficient (Wildman–Crippen LogP) is 1.10. The first-order valence-corrected chi connectivity index (χ1v) is 4.17. The number of nitrogens with one attached hydrogen (secondary N) is 1. The molecule has 0 aromatic carbocycles. The Morgan fingerprint density at radius 3 is 2.75 bits per heavy atom.